The Morgan fingerprint density at radius 2 is 1.89 bits per heavy atom. The van der Waals surface area contributed by atoms with E-state index in [1.165, 1.54) is 29.5 Å². The fourth-order valence-corrected chi connectivity index (χ4v) is 2.83. The summed E-state index contributed by atoms with van der Waals surface area (Å²) in [4.78, 5) is 0. The maximum atomic E-state index is 6.31. The van der Waals surface area contributed by atoms with Crippen LogP contribution in [0, 0.1) is 13.8 Å². The van der Waals surface area contributed by atoms with Gasteiger partial charge in [0.05, 0.1) is 0 Å². The molecule has 1 aromatic rings. The van der Waals surface area contributed by atoms with E-state index in [4.69, 9.17) is 4.43 Å². The van der Waals surface area contributed by atoms with Crippen molar-refractivity contribution in [2.24, 2.45) is 0 Å². The number of aryl methyl sites for hydroxylation is 2. The van der Waals surface area contributed by atoms with Crippen LogP contribution in [-0.4, -0.2) is 8.32 Å². The van der Waals surface area contributed by atoms with Gasteiger partial charge in [-0.05, 0) is 64.0 Å². The van der Waals surface area contributed by atoms with Crippen LogP contribution >= 0.6 is 0 Å². The molecule has 1 nitrogen and oxygen atoms in total. The van der Waals surface area contributed by atoms with E-state index in [0.29, 0.717) is 0 Å². The van der Waals surface area contributed by atoms with Crippen LogP contribution in [0.2, 0.25) is 19.6 Å². The van der Waals surface area contributed by atoms with Gasteiger partial charge >= 0.3 is 0 Å². The van der Waals surface area contributed by atoms with Gasteiger partial charge in [0.25, 0.3) is 0 Å². The number of allylic oxidation sites excluding steroid dienone is 1. The van der Waals surface area contributed by atoms with Crippen LogP contribution in [0.4, 0.5) is 0 Å². The molecule has 1 aromatic carbocycles. The van der Waals surface area contributed by atoms with Crippen molar-refractivity contribution >= 4 is 14.1 Å². The molecule has 0 radical (unpaired) electrons. The maximum Gasteiger partial charge on any atom is 0.242 e. The third kappa shape index (κ3) is 5.64. The zero-order valence-corrected chi connectivity index (χ0v) is 14.3. The van der Waals surface area contributed by atoms with Crippen LogP contribution in [0.25, 0.3) is 5.76 Å². The molecular weight excluding hydrogens is 248 g/mol. The SMILES string of the molecule is CCCC/C=C(\O[Si](C)(C)C)c1cc(C)ccc1C. The Balaban J connectivity index is 3.07. The highest BCUT2D eigenvalue weighted by molar-refractivity contribution is 6.70. The number of benzene rings is 1. The zero-order chi connectivity index (χ0) is 14.5. The second-order valence-corrected chi connectivity index (χ2v) is 10.7. The van der Waals surface area contributed by atoms with Gasteiger partial charge < -0.3 is 4.43 Å². The summed E-state index contributed by atoms with van der Waals surface area (Å²) in [5, 5.41) is 0. The molecule has 2 heteroatoms. The Morgan fingerprint density at radius 1 is 1.21 bits per heavy atom. The summed E-state index contributed by atoms with van der Waals surface area (Å²) in [7, 11) is -1.57. The highest BCUT2D eigenvalue weighted by Gasteiger charge is 2.19. The average molecular weight is 276 g/mol. The smallest absolute Gasteiger partial charge is 0.242 e. The molecule has 106 valence electrons. The molecular formula is C17H28OSi. The molecule has 0 aliphatic rings. The summed E-state index contributed by atoms with van der Waals surface area (Å²) in [6, 6.07) is 6.59. The van der Waals surface area contributed by atoms with Gasteiger partial charge in [0.2, 0.25) is 8.32 Å². The van der Waals surface area contributed by atoms with Crippen LogP contribution in [0.1, 0.15) is 42.9 Å². The first kappa shape index (κ1) is 16.0. The summed E-state index contributed by atoms with van der Waals surface area (Å²) in [6.45, 7) is 13.3. The molecule has 0 spiro atoms. The molecule has 0 aliphatic carbocycles. The largest absolute Gasteiger partial charge is 0.544 e. The second kappa shape index (κ2) is 6.95. The average Bonchev–Trinajstić information content (AvgIpc) is 2.30. The van der Waals surface area contributed by atoms with Gasteiger partial charge in [-0.15, -0.1) is 0 Å². The second-order valence-electron chi connectivity index (χ2n) is 6.24. The lowest BCUT2D eigenvalue weighted by Gasteiger charge is -2.23. The first-order valence-electron chi connectivity index (χ1n) is 7.30. The minimum absolute atomic E-state index is 1.09. The molecule has 0 aromatic heterocycles. The lowest BCUT2D eigenvalue weighted by Crippen LogP contribution is -2.24. The molecule has 0 saturated carbocycles. The third-order valence-electron chi connectivity index (χ3n) is 2.96. The van der Waals surface area contributed by atoms with E-state index in [-0.39, 0.29) is 0 Å². The fraction of sp³-hybridized carbons (Fsp3) is 0.529. The van der Waals surface area contributed by atoms with Gasteiger partial charge in [-0.3, -0.25) is 0 Å². The summed E-state index contributed by atoms with van der Waals surface area (Å²) in [6.07, 6.45) is 5.83. The molecule has 0 fully saturated rings. The fourth-order valence-electron chi connectivity index (χ4n) is 1.98. The molecule has 0 N–H and O–H groups in total. The van der Waals surface area contributed by atoms with Gasteiger partial charge in [0, 0.05) is 5.56 Å². The van der Waals surface area contributed by atoms with Crippen molar-refractivity contribution < 1.29 is 4.43 Å². The van der Waals surface area contributed by atoms with Gasteiger partial charge in [-0.2, -0.15) is 0 Å². The zero-order valence-electron chi connectivity index (χ0n) is 13.3. The van der Waals surface area contributed by atoms with Crippen molar-refractivity contribution in [2.45, 2.75) is 59.7 Å². The quantitative estimate of drug-likeness (QED) is 0.368. The molecule has 1 rings (SSSR count). The van der Waals surface area contributed by atoms with Crippen molar-refractivity contribution in [3.8, 4) is 0 Å². The van der Waals surface area contributed by atoms with Crippen LogP contribution < -0.4 is 0 Å². The Bertz CT molecular complexity index is 441. The van der Waals surface area contributed by atoms with E-state index in [1.807, 2.05) is 0 Å². The van der Waals surface area contributed by atoms with Gasteiger partial charge in [0.15, 0.2) is 0 Å². The van der Waals surface area contributed by atoms with Crippen LogP contribution in [0.3, 0.4) is 0 Å². The normalized spacial score (nSPS) is 12.6. The topological polar surface area (TPSA) is 9.23 Å². The van der Waals surface area contributed by atoms with Crippen LogP contribution in [-0.2, 0) is 4.43 Å². The molecule has 0 aliphatic heterocycles. The number of rotatable bonds is 6. The first-order chi connectivity index (χ1) is 8.83. The van der Waals surface area contributed by atoms with Crippen molar-refractivity contribution in [3.05, 3.63) is 41.0 Å². The Morgan fingerprint density at radius 3 is 2.47 bits per heavy atom. The summed E-state index contributed by atoms with van der Waals surface area (Å²) >= 11 is 0. The lowest BCUT2D eigenvalue weighted by molar-refractivity contribution is 0.511. The predicted octanol–water partition coefficient (Wildman–Crippen LogP) is 5.69. The summed E-state index contributed by atoms with van der Waals surface area (Å²) in [5.41, 5.74) is 3.85. The monoisotopic (exact) mass is 276 g/mol. The number of unbranched alkanes of at least 4 members (excludes halogenated alkanes) is 2. The third-order valence-corrected chi connectivity index (χ3v) is 3.79. The lowest BCUT2D eigenvalue weighted by atomic mass is 10.0. The van der Waals surface area contributed by atoms with E-state index in [0.717, 1.165) is 12.2 Å². The molecule has 19 heavy (non-hydrogen) atoms. The van der Waals surface area contributed by atoms with E-state index in [9.17, 15) is 0 Å². The van der Waals surface area contributed by atoms with E-state index < -0.39 is 8.32 Å². The van der Waals surface area contributed by atoms with Crippen molar-refractivity contribution in [3.63, 3.8) is 0 Å². The number of hydrogen-bond acceptors (Lipinski definition) is 1. The van der Waals surface area contributed by atoms with E-state index >= 15 is 0 Å². The Labute approximate surface area is 119 Å². The number of hydrogen-bond donors (Lipinski definition) is 0. The molecule has 0 heterocycles. The van der Waals surface area contributed by atoms with Crippen molar-refractivity contribution in [1.82, 2.24) is 0 Å². The van der Waals surface area contributed by atoms with Gasteiger partial charge in [-0.1, -0.05) is 31.0 Å². The molecule has 0 bridgehead atoms. The van der Waals surface area contributed by atoms with Gasteiger partial charge in [-0.25, -0.2) is 0 Å². The first-order valence-corrected chi connectivity index (χ1v) is 10.7. The van der Waals surface area contributed by atoms with E-state index in [2.05, 4.69) is 64.7 Å². The standard InChI is InChI=1S/C17H28OSi/c1-7-8-9-10-17(18-19(4,5)6)16-13-14(2)11-12-15(16)3/h10-13H,7-9H2,1-6H3/b17-10-. The minimum Gasteiger partial charge on any atom is -0.544 e. The highest BCUT2D eigenvalue weighted by Crippen LogP contribution is 2.26. The van der Waals surface area contributed by atoms with Crippen molar-refractivity contribution in [2.75, 3.05) is 0 Å². The van der Waals surface area contributed by atoms with Crippen molar-refractivity contribution in [1.29, 1.82) is 0 Å². The van der Waals surface area contributed by atoms with Crippen LogP contribution in [0.5, 0.6) is 0 Å². The van der Waals surface area contributed by atoms with Gasteiger partial charge in [0.1, 0.15) is 5.76 Å². The predicted molar refractivity (Wildman–Crippen MR) is 87.8 cm³/mol. The maximum absolute atomic E-state index is 6.31. The highest BCUT2D eigenvalue weighted by atomic mass is 28.4. The Hall–Kier alpha value is -1.02. The Kier molecular flexibility index (Phi) is 5.86. The van der Waals surface area contributed by atoms with Crippen LogP contribution in [0.15, 0.2) is 24.3 Å². The molecule has 0 atom stereocenters. The molecule has 0 saturated heterocycles. The molecule has 0 unspecified atom stereocenters. The summed E-state index contributed by atoms with van der Waals surface area (Å²) < 4.78 is 6.31. The minimum atomic E-state index is -1.57. The van der Waals surface area contributed by atoms with E-state index in [1.54, 1.807) is 0 Å². The summed E-state index contributed by atoms with van der Waals surface area (Å²) in [5.74, 6) is 1.09. The molecule has 0 amide bonds.